The smallest absolute Gasteiger partial charge is 0.261 e. The third kappa shape index (κ3) is 3.81. The first-order chi connectivity index (χ1) is 12.1. The normalized spacial score (nSPS) is 14.7. The Balaban J connectivity index is 1.84. The van der Waals surface area contributed by atoms with E-state index in [1.54, 1.807) is 14.0 Å². The average molecular weight is 345 g/mol. The molecule has 0 fully saturated rings. The fourth-order valence-corrected chi connectivity index (χ4v) is 2.86. The van der Waals surface area contributed by atoms with Crippen molar-refractivity contribution in [3.8, 4) is 5.75 Å². The molecule has 0 spiro atoms. The van der Waals surface area contributed by atoms with Gasteiger partial charge in [0, 0.05) is 33.1 Å². The summed E-state index contributed by atoms with van der Waals surface area (Å²) in [4.78, 5) is 22.4. The van der Waals surface area contributed by atoms with E-state index in [1.165, 1.54) is 4.57 Å². The van der Waals surface area contributed by atoms with Crippen LogP contribution in [0.5, 0.6) is 5.75 Å². The SMILES string of the molecule is CNOc1ccc(CNc2nc3c(c(=O)n2C(C)O)CNCC3)cc1. The number of hydroxylamine groups is 1. The molecule has 8 heteroatoms. The van der Waals surface area contributed by atoms with Crippen LogP contribution in [0, 0.1) is 0 Å². The molecule has 0 aliphatic carbocycles. The molecule has 2 aromatic rings. The quantitative estimate of drug-likeness (QED) is 0.567. The summed E-state index contributed by atoms with van der Waals surface area (Å²) in [6.07, 6.45) is -0.253. The van der Waals surface area contributed by atoms with Crippen LogP contribution in [-0.2, 0) is 19.5 Å². The molecule has 0 radical (unpaired) electrons. The van der Waals surface area contributed by atoms with Crippen LogP contribution in [-0.4, -0.2) is 28.3 Å². The molecule has 2 heterocycles. The first-order valence-corrected chi connectivity index (χ1v) is 8.29. The van der Waals surface area contributed by atoms with E-state index in [-0.39, 0.29) is 5.56 Å². The molecule has 1 aromatic carbocycles. The number of hydrogen-bond acceptors (Lipinski definition) is 7. The number of nitrogens with one attached hydrogen (secondary N) is 3. The summed E-state index contributed by atoms with van der Waals surface area (Å²) in [7, 11) is 1.70. The maximum Gasteiger partial charge on any atom is 0.261 e. The third-order valence-corrected chi connectivity index (χ3v) is 4.10. The second kappa shape index (κ2) is 7.64. The number of anilines is 1. The molecule has 1 aliphatic heterocycles. The average Bonchev–Trinajstić information content (AvgIpc) is 2.61. The molecule has 0 bridgehead atoms. The van der Waals surface area contributed by atoms with Crippen LogP contribution in [0.1, 0.15) is 30.0 Å². The third-order valence-electron chi connectivity index (χ3n) is 4.10. The number of benzene rings is 1. The number of fused-ring (bicyclic) bond motifs is 1. The van der Waals surface area contributed by atoms with Crippen LogP contribution in [0.3, 0.4) is 0 Å². The molecule has 1 atom stereocenters. The lowest BCUT2D eigenvalue weighted by molar-refractivity contribution is 0.121. The van der Waals surface area contributed by atoms with Crippen molar-refractivity contribution in [3.63, 3.8) is 0 Å². The van der Waals surface area contributed by atoms with E-state index in [9.17, 15) is 9.90 Å². The van der Waals surface area contributed by atoms with Crippen molar-refractivity contribution >= 4 is 5.95 Å². The summed E-state index contributed by atoms with van der Waals surface area (Å²) in [5.41, 5.74) is 4.85. The van der Waals surface area contributed by atoms with Gasteiger partial charge in [-0.3, -0.25) is 9.36 Å². The van der Waals surface area contributed by atoms with Crippen LogP contribution in [0.2, 0.25) is 0 Å². The van der Waals surface area contributed by atoms with Gasteiger partial charge in [0.1, 0.15) is 12.0 Å². The Morgan fingerprint density at radius 2 is 2.16 bits per heavy atom. The van der Waals surface area contributed by atoms with Gasteiger partial charge in [-0.2, -0.15) is 5.48 Å². The minimum absolute atomic E-state index is 0.201. The summed E-state index contributed by atoms with van der Waals surface area (Å²) in [6, 6.07) is 7.54. The summed E-state index contributed by atoms with van der Waals surface area (Å²) in [6.45, 7) is 3.32. The lowest BCUT2D eigenvalue weighted by Gasteiger charge is -2.22. The Morgan fingerprint density at radius 3 is 2.84 bits per heavy atom. The number of hydrogen-bond donors (Lipinski definition) is 4. The maximum atomic E-state index is 12.7. The number of aromatic nitrogens is 2. The molecular weight excluding hydrogens is 322 g/mol. The fraction of sp³-hybridized carbons (Fsp3) is 0.412. The van der Waals surface area contributed by atoms with Crippen molar-refractivity contribution in [2.24, 2.45) is 0 Å². The maximum absolute atomic E-state index is 12.7. The van der Waals surface area contributed by atoms with Gasteiger partial charge in [-0.1, -0.05) is 12.1 Å². The van der Waals surface area contributed by atoms with Crippen molar-refractivity contribution in [1.29, 1.82) is 0 Å². The van der Waals surface area contributed by atoms with Gasteiger partial charge < -0.3 is 20.6 Å². The number of nitrogens with zero attached hydrogens (tertiary/aromatic N) is 2. The minimum Gasteiger partial charge on any atom is -0.409 e. The highest BCUT2D eigenvalue weighted by Gasteiger charge is 2.20. The Kier molecular flexibility index (Phi) is 5.32. The highest BCUT2D eigenvalue weighted by molar-refractivity contribution is 5.36. The zero-order valence-corrected chi connectivity index (χ0v) is 14.4. The molecule has 0 amide bonds. The van der Waals surface area contributed by atoms with Gasteiger partial charge in [0.2, 0.25) is 5.95 Å². The van der Waals surface area contributed by atoms with E-state index in [0.29, 0.717) is 36.8 Å². The molecular formula is C17H23N5O3. The van der Waals surface area contributed by atoms with Crippen LogP contribution >= 0.6 is 0 Å². The van der Waals surface area contributed by atoms with Crippen LogP contribution < -0.4 is 26.5 Å². The van der Waals surface area contributed by atoms with Crippen molar-refractivity contribution in [1.82, 2.24) is 20.3 Å². The molecule has 0 saturated heterocycles. The van der Waals surface area contributed by atoms with E-state index < -0.39 is 6.23 Å². The Hall–Kier alpha value is -2.42. The van der Waals surface area contributed by atoms with E-state index in [4.69, 9.17) is 4.84 Å². The zero-order chi connectivity index (χ0) is 17.8. The van der Waals surface area contributed by atoms with Gasteiger partial charge in [-0.05, 0) is 24.6 Å². The lowest BCUT2D eigenvalue weighted by Crippen LogP contribution is -2.37. The van der Waals surface area contributed by atoms with Crippen molar-refractivity contribution in [2.75, 3.05) is 18.9 Å². The lowest BCUT2D eigenvalue weighted by atomic mass is 10.1. The van der Waals surface area contributed by atoms with Gasteiger partial charge in [0.05, 0.1) is 11.3 Å². The highest BCUT2D eigenvalue weighted by Crippen LogP contribution is 2.16. The predicted molar refractivity (Wildman–Crippen MR) is 94.3 cm³/mol. The first-order valence-electron chi connectivity index (χ1n) is 8.29. The second-order valence-electron chi connectivity index (χ2n) is 5.90. The van der Waals surface area contributed by atoms with E-state index in [0.717, 1.165) is 17.8 Å². The van der Waals surface area contributed by atoms with E-state index in [1.807, 2.05) is 24.3 Å². The Labute approximate surface area is 145 Å². The van der Waals surface area contributed by atoms with Crippen LogP contribution in [0.25, 0.3) is 0 Å². The molecule has 134 valence electrons. The van der Waals surface area contributed by atoms with Crippen molar-refractivity contribution in [2.45, 2.75) is 32.7 Å². The minimum atomic E-state index is -0.957. The molecule has 4 N–H and O–H groups in total. The fourth-order valence-electron chi connectivity index (χ4n) is 2.86. The highest BCUT2D eigenvalue weighted by atomic mass is 16.6. The monoisotopic (exact) mass is 345 g/mol. The molecule has 1 aliphatic rings. The number of aliphatic hydroxyl groups is 1. The standard InChI is InChI=1S/C17H23N5O3/c1-11(23)22-16(24)14-10-19-8-7-15(14)21-17(22)20-9-12-3-5-13(6-4-12)25-18-2/h3-6,11,18-19,23H,7-10H2,1-2H3,(H,20,21). The van der Waals surface area contributed by atoms with Crippen LogP contribution in [0.15, 0.2) is 29.1 Å². The Bertz CT molecular complexity index is 786. The Morgan fingerprint density at radius 1 is 1.40 bits per heavy atom. The van der Waals surface area contributed by atoms with Crippen molar-refractivity contribution < 1.29 is 9.94 Å². The first kappa shape index (κ1) is 17.4. The van der Waals surface area contributed by atoms with Crippen LogP contribution in [0.4, 0.5) is 5.95 Å². The van der Waals surface area contributed by atoms with Gasteiger partial charge in [-0.25, -0.2) is 4.98 Å². The predicted octanol–water partition coefficient (Wildman–Crippen LogP) is 0.525. The van der Waals surface area contributed by atoms with Gasteiger partial charge in [0.15, 0.2) is 0 Å². The van der Waals surface area contributed by atoms with E-state index >= 15 is 0 Å². The van der Waals surface area contributed by atoms with Gasteiger partial charge >= 0.3 is 0 Å². The molecule has 8 nitrogen and oxygen atoms in total. The summed E-state index contributed by atoms with van der Waals surface area (Å²) in [5.74, 6) is 1.10. The molecule has 3 rings (SSSR count). The summed E-state index contributed by atoms with van der Waals surface area (Å²) < 4.78 is 1.30. The van der Waals surface area contributed by atoms with E-state index in [2.05, 4.69) is 21.1 Å². The topological polar surface area (TPSA) is 100 Å². The molecule has 1 aromatic heterocycles. The van der Waals surface area contributed by atoms with Gasteiger partial charge in [-0.15, -0.1) is 0 Å². The molecule has 0 saturated carbocycles. The second-order valence-corrected chi connectivity index (χ2v) is 5.90. The number of rotatable bonds is 6. The zero-order valence-electron chi connectivity index (χ0n) is 14.4. The summed E-state index contributed by atoms with van der Waals surface area (Å²) >= 11 is 0. The molecule has 25 heavy (non-hydrogen) atoms. The number of aliphatic hydroxyl groups excluding tert-OH is 1. The van der Waals surface area contributed by atoms with Gasteiger partial charge in [0.25, 0.3) is 5.56 Å². The largest absolute Gasteiger partial charge is 0.409 e. The molecule has 1 unspecified atom stereocenters. The summed E-state index contributed by atoms with van der Waals surface area (Å²) in [5, 5.41) is 16.4. The van der Waals surface area contributed by atoms with Crippen molar-refractivity contribution in [3.05, 3.63) is 51.4 Å².